The highest BCUT2D eigenvalue weighted by Gasteiger charge is 2.35. The molecule has 0 saturated carbocycles. The molecule has 2 aromatic rings. The van der Waals surface area contributed by atoms with E-state index in [-0.39, 0.29) is 5.91 Å². The molecule has 0 unspecified atom stereocenters. The zero-order valence-corrected chi connectivity index (χ0v) is 13.8. The van der Waals surface area contributed by atoms with E-state index >= 15 is 0 Å². The summed E-state index contributed by atoms with van der Waals surface area (Å²) in [5.41, 5.74) is 0.498. The van der Waals surface area contributed by atoms with Gasteiger partial charge in [-0.25, -0.2) is 4.98 Å². The zero-order chi connectivity index (χ0) is 15.3. The predicted molar refractivity (Wildman–Crippen MR) is 88.1 cm³/mol. The fraction of sp³-hybridized carbons (Fsp3) is 0.143. The van der Waals surface area contributed by atoms with Gasteiger partial charge in [0.15, 0.2) is 0 Å². The molecule has 1 atom stereocenters. The van der Waals surface area contributed by atoms with Gasteiger partial charge in [-0.05, 0) is 24.3 Å². The van der Waals surface area contributed by atoms with E-state index in [1.807, 2.05) is 12.1 Å². The van der Waals surface area contributed by atoms with Crippen LogP contribution in [0.4, 0.5) is 0 Å². The van der Waals surface area contributed by atoms with Crippen LogP contribution in [0.25, 0.3) is 0 Å². The molecule has 1 aromatic heterocycles. The largest absolute Gasteiger partial charge is 0.336 e. The molecular weight excluding hydrogens is 351 g/mol. The summed E-state index contributed by atoms with van der Waals surface area (Å²) in [5, 5.41) is 2.61. The molecule has 3 nitrogen and oxygen atoms in total. The molecule has 1 aromatic carbocycles. The first-order valence-corrected chi connectivity index (χ1v) is 7.98. The van der Waals surface area contributed by atoms with Crippen molar-refractivity contribution in [2.24, 2.45) is 0 Å². The molecule has 0 saturated heterocycles. The van der Waals surface area contributed by atoms with Crippen LogP contribution in [0.15, 0.2) is 59.8 Å². The number of amides is 1. The van der Waals surface area contributed by atoms with E-state index in [0.717, 1.165) is 0 Å². The predicted octanol–water partition coefficient (Wildman–Crippen LogP) is 4.30. The van der Waals surface area contributed by atoms with Gasteiger partial charge in [-0.2, -0.15) is 0 Å². The van der Waals surface area contributed by atoms with Crippen LogP contribution in [-0.2, 0) is 0 Å². The molecular formula is C14H11Cl3N2OS. The molecule has 0 aliphatic rings. The van der Waals surface area contributed by atoms with Crippen molar-refractivity contribution in [1.82, 2.24) is 10.3 Å². The average molecular weight is 362 g/mol. The molecule has 7 heteroatoms. The second-order valence-electron chi connectivity index (χ2n) is 4.05. The molecule has 0 fully saturated rings. The van der Waals surface area contributed by atoms with Crippen LogP contribution in [0.3, 0.4) is 0 Å². The Morgan fingerprint density at radius 3 is 2.33 bits per heavy atom. The van der Waals surface area contributed by atoms with E-state index < -0.39 is 9.17 Å². The van der Waals surface area contributed by atoms with Crippen LogP contribution >= 0.6 is 46.6 Å². The molecule has 1 heterocycles. The Morgan fingerprint density at radius 1 is 1.10 bits per heavy atom. The van der Waals surface area contributed by atoms with Gasteiger partial charge in [0.05, 0.1) is 5.03 Å². The number of benzene rings is 1. The van der Waals surface area contributed by atoms with Gasteiger partial charge >= 0.3 is 0 Å². The monoisotopic (exact) mass is 360 g/mol. The van der Waals surface area contributed by atoms with Gasteiger partial charge in [0.25, 0.3) is 5.91 Å². The second kappa shape index (κ2) is 7.36. The van der Waals surface area contributed by atoms with Crippen LogP contribution < -0.4 is 5.32 Å². The van der Waals surface area contributed by atoms with Crippen molar-refractivity contribution in [3.8, 4) is 0 Å². The van der Waals surface area contributed by atoms with E-state index in [0.29, 0.717) is 10.6 Å². The Balaban J connectivity index is 2.12. The van der Waals surface area contributed by atoms with Crippen molar-refractivity contribution < 1.29 is 4.79 Å². The smallest absolute Gasteiger partial charge is 0.252 e. The van der Waals surface area contributed by atoms with E-state index in [2.05, 4.69) is 10.3 Å². The lowest BCUT2D eigenvalue weighted by atomic mass is 10.2. The number of carbonyl (C=O) groups excluding carboxylic acids is 1. The number of hydrogen-bond acceptors (Lipinski definition) is 3. The van der Waals surface area contributed by atoms with Crippen molar-refractivity contribution in [3.05, 3.63) is 60.3 Å². The summed E-state index contributed by atoms with van der Waals surface area (Å²) in [6.07, 6.45) is 1.64. The van der Waals surface area contributed by atoms with Crippen molar-refractivity contribution in [1.29, 1.82) is 0 Å². The van der Waals surface area contributed by atoms with Gasteiger partial charge in [0.2, 0.25) is 3.79 Å². The molecule has 1 N–H and O–H groups in total. The Bertz CT molecular complexity index is 590. The first kappa shape index (κ1) is 16.4. The summed E-state index contributed by atoms with van der Waals surface area (Å²) >= 11 is 19.0. The van der Waals surface area contributed by atoms with Gasteiger partial charge < -0.3 is 5.32 Å². The minimum Gasteiger partial charge on any atom is -0.336 e. The standard InChI is InChI=1S/C14H11Cl3N2OS/c15-14(16,17)13(21-11-8-4-5-9-18-11)19-12(20)10-6-2-1-3-7-10/h1-9,13H,(H,19,20)/t13-/m0/s1. The summed E-state index contributed by atoms with van der Waals surface area (Å²) in [6, 6.07) is 14.1. The normalized spacial score (nSPS) is 12.7. The third kappa shape index (κ3) is 5.08. The number of rotatable bonds is 4. The van der Waals surface area contributed by atoms with Crippen LogP contribution in [0.1, 0.15) is 10.4 Å². The van der Waals surface area contributed by atoms with Crippen molar-refractivity contribution in [2.75, 3.05) is 0 Å². The van der Waals surface area contributed by atoms with E-state index in [4.69, 9.17) is 34.8 Å². The number of nitrogens with one attached hydrogen (secondary N) is 1. The minimum absolute atomic E-state index is 0.310. The lowest BCUT2D eigenvalue weighted by Crippen LogP contribution is -2.41. The van der Waals surface area contributed by atoms with Crippen LogP contribution in [0.2, 0.25) is 0 Å². The van der Waals surface area contributed by atoms with Crippen molar-refractivity contribution in [2.45, 2.75) is 14.2 Å². The number of nitrogens with zero attached hydrogens (tertiary/aromatic N) is 1. The number of carbonyl (C=O) groups is 1. The maximum Gasteiger partial charge on any atom is 0.252 e. The maximum atomic E-state index is 12.2. The number of pyridine rings is 1. The van der Waals surface area contributed by atoms with Crippen molar-refractivity contribution in [3.63, 3.8) is 0 Å². The first-order chi connectivity index (χ1) is 9.97. The van der Waals surface area contributed by atoms with Crippen molar-refractivity contribution >= 4 is 52.5 Å². The summed E-state index contributed by atoms with van der Waals surface area (Å²) in [5.74, 6) is -0.310. The molecule has 0 aliphatic heterocycles. The lowest BCUT2D eigenvalue weighted by Gasteiger charge is -2.24. The van der Waals surface area contributed by atoms with Gasteiger partial charge in [-0.3, -0.25) is 4.79 Å². The molecule has 0 bridgehead atoms. The minimum atomic E-state index is -1.66. The highest BCUT2D eigenvalue weighted by Crippen LogP contribution is 2.38. The van der Waals surface area contributed by atoms with Crippen LogP contribution in [0.5, 0.6) is 0 Å². The highest BCUT2D eigenvalue weighted by molar-refractivity contribution is 8.00. The zero-order valence-electron chi connectivity index (χ0n) is 10.7. The summed E-state index contributed by atoms with van der Waals surface area (Å²) < 4.78 is -1.66. The Kier molecular flexibility index (Phi) is 5.76. The average Bonchev–Trinajstić information content (AvgIpc) is 2.47. The molecule has 0 spiro atoms. The number of hydrogen-bond donors (Lipinski definition) is 1. The van der Waals surface area contributed by atoms with E-state index in [9.17, 15) is 4.79 Å². The number of alkyl halides is 3. The number of aromatic nitrogens is 1. The van der Waals surface area contributed by atoms with Crippen LogP contribution in [-0.4, -0.2) is 20.1 Å². The Labute approximate surface area is 142 Å². The van der Waals surface area contributed by atoms with Crippen LogP contribution in [0, 0.1) is 0 Å². The fourth-order valence-corrected chi connectivity index (χ4v) is 2.89. The third-order valence-electron chi connectivity index (χ3n) is 2.47. The summed E-state index contributed by atoms with van der Waals surface area (Å²) in [4.78, 5) is 16.3. The number of thioether (sulfide) groups is 1. The number of halogens is 3. The molecule has 110 valence electrons. The maximum absolute atomic E-state index is 12.2. The van der Waals surface area contributed by atoms with Gasteiger partial charge in [0.1, 0.15) is 5.37 Å². The topological polar surface area (TPSA) is 42.0 Å². The van der Waals surface area contributed by atoms with E-state index in [1.54, 1.807) is 42.6 Å². The van der Waals surface area contributed by atoms with Gasteiger partial charge in [-0.15, -0.1) is 0 Å². The van der Waals surface area contributed by atoms with Gasteiger partial charge in [-0.1, -0.05) is 70.8 Å². The molecule has 1 amide bonds. The molecule has 0 radical (unpaired) electrons. The molecule has 2 rings (SSSR count). The third-order valence-corrected chi connectivity index (χ3v) is 4.70. The highest BCUT2D eigenvalue weighted by atomic mass is 35.6. The Hall–Kier alpha value is -0.940. The SMILES string of the molecule is O=C(N[C@@H](Sc1ccccn1)C(Cl)(Cl)Cl)c1ccccc1. The quantitative estimate of drug-likeness (QED) is 0.501. The molecule has 0 aliphatic carbocycles. The van der Waals surface area contributed by atoms with E-state index in [1.165, 1.54) is 11.8 Å². The Morgan fingerprint density at radius 2 is 1.76 bits per heavy atom. The molecule has 21 heavy (non-hydrogen) atoms. The van der Waals surface area contributed by atoms with Gasteiger partial charge in [0, 0.05) is 11.8 Å². The summed E-state index contributed by atoms with van der Waals surface area (Å²) in [7, 11) is 0. The fourth-order valence-electron chi connectivity index (χ4n) is 1.51. The first-order valence-electron chi connectivity index (χ1n) is 5.97. The summed E-state index contributed by atoms with van der Waals surface area (Å²) in [6.45, 7) is 0. The second-order valence-corrected chi connectivity index (χ2v) is 7.54. The lowest BCUT2D eigenvalue weighted by molar-refractivity contribution is 0.0950.